The number of pyridine rings is 1. The monoisotopic (exact) mass is 455 g/mol. The molecule has 33 heavy (non-hydrogen) atoms. The van der Waals surface area contributed by atoms with Crippen LogP contribution in [-0.4, -0.2) is 32.4 Å². The van der Waals surface area contributed by atoms with Crippen LogP contribution >= 0.6 is 11.3 Å². The van der Waals surface area contributed by atoms with E-state index in [1.54, 1.807) is 17.5 Å². The Morgan fingerprint density at radius 2 is 2.06 bits per heavy atom. The Morgan fingerprint density at radius 1 is 1.12 bits per heavy atom. The van der Waals surface area contributed by atoms with Crippen molar-refractivity contribution in [2.45, 2.75) is 24.9 Å². The van der Waals surface area contributed by atoms with Gasteiger partial charge in [-0.15, -0.1) is 0 Å². The van der Waals surface area contributed by atoms with E-state index >= 15 is 0 Å². The van der Waals surface area contributed by atoms with Gasteiger partial charge in [0.2, 0.25) is 5.60 Å². The van der Waals surface area contributed by atoms with Crippen molar-refractivity contribution in [2.75, 3.05) is 5.32 Å². The minimum atomic E-state index is -0.956. The number of aromatic nitrogens is 3. The summed E-state index contributed by atoms with van der Waals surface area (Å²) in [5.74, 6) is 0.388. The molecule has 3 aliphatic rings. The maximum atomic E-state index is 13.8. The van der Waals surface area contributed by atoms with Crippen LogP contribution in [0, 0.1) is 17.8 Å². The molecule has 2 aliphatic carbocycles. The number of anilines is 1. The first kappa shape index (κ1) is 19.0. The summed E-state index contributed by atoms with van der Waals surface area (Å²) in [5, 5.41) is 19.8. The van der Waals surface area contributed by atoms with Gasteiger partial charge in [0, 0.05) is 40.5 Å². The van der Waals surface area contributed by atoms with E-state index in [9.17, 15) is 4.79 Å². The molecule has 8 heteroatoms. The van der Waals surface area contributed by atoms with Crippen molar-refractivity contribution in [2.24, 2.45) is 22.9 Å². The number of nitrogens with zero attached hydrogens (tertiary/aromatic N) is 3. The maximum absolute atomic E-state index is 13.8. The lowest BCUT2D eigenvalue weighted by molar-refractivity contribution is -0.149. The van der Waals surface area contributed by atoms with E-state index in [1.165, 1.54) is 0 Å². The van der Waals surface area contributed by atoms with Crippen molar-refractivity contribution in [3.63, 3.8) is 0 Å². The Hall–Kier alpha value is -3.52. The lowest BCUT2D eigenvalue weighted by atomic mass is 9.71. The number of aromatic amines is 1. The second-order valence-corrected chi connectivity index (χ2v) is 9.99. The number of benzene rings is 1. The number of oxime groups is 1. The van der Waals surface area contributed by atoms with E-state index in [1.807, 2.05) is 30.6 Å². The molecular weight excluding hydrogens is 434 g/mol. The van der Waals surface area contributed by atoms with Crippen molar-refractivity contribution < 1.29 is 9.63 Å². The summed E-state index contributed by atoms with van der Waals surface area (Å²) in [6, 6.07) is 9.95. The van der Waals surface area contributed by atoms with Gasteiger partial charge in [0.25, 0.3) is 5.91 Å². The molecule has 0 spiro atoms. The molecule has 3 aromatic heterocycles. The van der Waals surface area contributed by atoms with Crippen molar-refractivity contribution in [1.82, 2.24) is 15.2 Å². The molecule has 0 radical (unpaired) electrons. The number of H-pyrrole nitrogens is 1. The first-order chi connectivity index (χ1) is 16.2. The van der Waals surface area contributed by atoms with Gasteiger partial charge >= 0.3 is 0 Å². The summed E-state index contributed by atoms with van der Waals surface area (Å²) in [7, 11) is 0. The zero-order valence-electron chi connectivity index (χ0n) is 17.7. The topological polar surface area (TPSA) is 92.3 Å². The fourth-order valence-corrected chi connectivity index (χ4v) is 6.73. The quantitative estimate of drug-likeness (QED) is 0.460. The Balaban J connectivity index is 1.23. The lowest BCUT2D eigenvalue weighted by Gasteiger charge is -2.35. The highest BCUT2D eigenvalue weighted by Crippen LogP contribution is 2.60. The van der Waals surface area contributed by atoms with Gasteiger partial charge in [-0.3, -0.25) is 14.9 Å². The second kappa shape index (κ2) is 6.99. The number of amides is 1. The highest BCUT2D eigenvalue weighted by atomic mass is 32.1. The molecule has 1 amide bonds. The predicted octanol–water partition coefficient (Wildman–Crippen LogP) is 4.84. The standard InChI is InChI=1S/C25H21N5O2S/c31-24(28-20-3-4-21-17(9-20)12-27-29-21)25-19-2-1-14(8-19)22(25)23(30-32-25)18-7-16(10-26-11-18)15-5-6-33-13-15/h3-7,9-14,19,22H,1-2,8H2,(H,27,29)(H,28,31)/t14-,19+,22-,25-/m1/s1. The van der Waals surface area contributed by atoms with Gasteiger partial charge in [0.1, 0.15) is 0 Å². The number of nitrogens with one attached hydrogen (secondary N) is 2. The molecule has 7 rings (SSSR count). The van der Waals surface area contributed by atoms with Crippen LogP contribution in [0.25, 0.3) is 22.0 Å². The molecule has 2 bridgehead atoms. The van der Waals surface area contributed by atoms with E-state index in [0.717, 1.165) is 58.3 Å². The van der Waals surface area contributed by atoms with Gasteiger partial charge in [-0.25, -0.2) is 0 Å². The minimum Gasteiger partial charge on any atom is -0.378 e. The summed E-state index contributed by atoms with van der Waals surface area (Å²) in [6.45, 7) is 0. The van der Waals surface area contributed by atoms with Crippen LogP contribution in [0.3, 0.4) is 0 Å². The fraction of sp³-hybridized carbons (Fsp3) is 0.280. The summed E-state index contributed by atoms with van der Waals surface area (Å²) in [6.07, 6.45) is 8.55. The molecule has 164 valence electrons. The summed E-state index contributed by atoms with van der Waals surface area (Å²) < 4.78 is 0. The normalized spacial score (nSPS) is 27.4. The number of thiophene rings is 1. The average Bonchev–Trinajstić information content (AvgIpc) is 3.65. The third-order valence-corrected chi connectivity index (χ3v) is 8.23. The highest BCUT2D eigenvalue weighted by Gasteiger charge is 2.69. The van der Waals surface area contributed by atoms with E-state index in [4.69, 9.17) is 4.84 Å². The number of rotatable bonds is 4. The molecule has 7 nitrogen and oxygen atoms in total. The van der Waals surface area contributed by atoms with Gasteiger partial charge in [0.05, 0.1) is 23.3 Å². The third kappa shape index (κ3) is 2.73. The first-order valence-corrected chi connectivity index (χ1v) is 12.2. The lowest BCUT2D eigenvalue weighted by Crippen LogP contribution is -2.53. The van der Waals surface area contributed by atoms with E-state index in [2.05, 4.69) is 48.5 Å². The molecular formula is C25H21N5O2S. The third-order valence-electron chi connectivity index (χ3n) is 7.54. The molecule has 0 saturated heterocycles. The van der Waals surface area contributed by atoms with Gasteiger partial charge in [0.15, 0.2) is 0 Å². The van der Waals surface area contributed by atoms with Crippen LogP contribution in [0.2, 0.25) is 0 Å². The summed E-state index contributed by atoms with van der Waals surface area (Å²) >= 11 is 1.66. The van der Waals surface area contributed by atoms with Crippen LogP contribution in [-0.2, 0) is 9.63 Å². The molecule has 2 N–H and O–H groups in total. The molecule has 2 fully saturated rings. The SMILES string of the molecule is O=C(Nc1ccc2[nH]ncc2c1)[C@]12ON=C(c3cncc(-c4ccsc4)c3)[C@H]1[C@@H]1CC[C@H]2C1. The largest absolute Gasteiger partial charge is 0.378 e. The van der Waals surface area contributed by atoms with Crippen molar-refractivity contribution in [3.8, 4) is 11.1 Å². The molecule has 4 atom stereocenters. The number of hydrogen-bond donors (Lipinski definition) is 2. The zero-order valence-corrected chi connectivity index (χ0v) is 18.5. The van der Waals surface area contributed by atoms with Crippen molar-refractivity contribution in [1.29, 1.82) is 0 Å². The zero-order chi connectivity index (χ0) is 22.0. The Labute approximate surface area is 193 Å². The number of carbonyl (C=O) groups is 1. The minimum absolute atomic E-state index is 0.0616. The molecule has 1 aliphatic heterocycles. The molecule has 4 heterocycles. The van der Waals surface area contributed by atoms with E-state index < -0.39 is 5.60 Å². The summed E-state index contributed by atoms with van der Waals surface area (Å²) in [4.78, 5) is 24.4. The van der Waals surface area contributed by atoms with Gasteiger partial charge in [-0.05, 0) is 71.8 Å². The maximum Gasteiger partial charge on any atom is 0.272 e. The first-order valence-electron chi connectivity index (χ1n) is 11.2. The molecule has 2 saturated carbocycles. The molecule has 0 unspecified atom stereocenters. The molecule has 4 aromatic rings. The predicted molar refractivity (Wildman–Crippen MR) is 127 cm³/mol. The van der Waals surface area contributed by atoms with Crippen LogP contribution in [0.15, 0.2) is 64.8 Å². The Kier molecular flexibility index (Phi) is 4.02. The van der Waals surface area contributed by atoms with Gasteiger partial charge < -0.3 is 10.2 Å². The Bertz CT molecular complexity index is 1410. The van der Waals surface area contributed by atoms with Gasteiger partial charge in [-0.2, -0.15) is 16.4 Å². The van der Waals surface area contributed by atoms with E-state index in [-0.39, 0.29) is 17.7 Å². The van der Waals surface area contributed by atoms with E-state index in [0.29, 0.717) is 5.92 Å². The smallest absolute Gasteiger partial charge is 0.272 e. The summed E-state index contributed by atoms with van der Waals surface area (Å²) in [5.41, 5.74) is 4.70. The van der Waals surface area contributed by atoms with Crippen molar-refractivity contribution in [3.05, 3.63) is 65.2 Å². The van der Waals surface area contributed by atoms with Crippen LogP contribution in [0.1, 0.15) is 24.8 Å². The second-order valence-electron chi connectivity index (χ2n) is 9.21. The molecule has 1 aromatic carbocycles. The average molecular weight is 456 g/mol. The Morgan fingerprint density at radius 3 is 2.97 bits per heavy atom. The number of carbonyl (C=O) groups excluding carboxylic acids is 1. The fourth-order valence-electron chi connectivity index (χ4n) is 6.07. The van der Waals surface area contributed by atoms with Crippen LogP contribution in [0.4, 0.5) is 5.69 Å². The number of hydrogen-bond acceptors (Lipinski definition) is 6. The van der Waals surface area contributed by atoms with Crippen molar-refractivity contribution >= 4 is 39.5 Å². The number of fused-ring (bicyclic) bond motifs is 6. The van der Waals surface area contributed by atoms with Crippen LogP contribution < -0.4 is 5.32 Å². The van der Waals surface area contributed by atoms with Gasteiger partial charge in [-0.1, -0.05) is 5.16 Å². The highest BCUT2D eigenvalue weighted by molar-refractivity contribution is 7.08. The van der Waals surface area contributed by atoms with Crippen LogP contribution in [0.5, 0.6) is 0 Å².